The summed E-state index contributed by atoms with van der Waals surface area (Å²) in [5.74, 6) is -0.188. The fourth-order valence-corrected chi connectivity index (χ4v) is 2.55. The van der Waals surface area contributed by atoms with E-state index in [2.05, 4.69) is 10.1 Å². The molecule has 0 atom stereocenters. The zero-order valence-electron chi connectivity index (χ0n) is 14.6. The van der Waals surface area contributed by atoms with Crippen LogP contribution in [0, 0.1) is 0 Å². The van der Waals surface area contributed by atoms with E-state index in [1.165, 1.54) is 0 Å². The summed E-state index contributed by atoms with van der Waals surface area (Å²) in [7, 11) is 0. The van der Waals surface area contributed by atoms with Gasteiger partial charge in [-0.05, 0) is 44.2 Å². The van der Waals surface area contributed by atoms with E-state index >= 15 is 0 Å². The molecule has 2 aromatic heterocycles. The van der Waals surface area contributed by atoms with Gasteiger partial charge in [-0.1, -0.05) is 0 Å². The Kier molecular flexibility index (Phi) is 5.02. The highest BCUT2D eigenvalue weighted by Gasteiger charge is 2.36. The number of fused-ring (bicyclic) bond motifs is 1. The van der Waals surface area contributed by atoms with Gasteiger partial charge in [0, 0.05) is 5.56 Å². The second-order valence-corrected chi connectivity index (χ2v) is 5.50. The lowest BCUT2D eigenvalue weighted by Crippen LogP contribution is -2.14. The van der Waals surface area contributed by atoms with E-state index in [4.69, 9.17) is 9.47 Å². The lowest BCUT2D eigenvalue weighted by molar-refractivity contribution is -0.142. The molecule has 27 heavy (non-hydrogen) atoms. The molecule has 0 radical (unpaired) electrons. The number of alkyl halides is 3. The van der Waals surface area contributed by atoms with Gasteiger partial charge in [0.25, 0.3) is 0 Å². The summed E-state index contributed by atoms with van der Waals surface area (Å²) in [6, 6.07) is 7.38. The number of carbonyl (C=O) groups is 1. The molecular formula is C18H16F3N3O3. The number of hydrogen-bond donors (Lipinski definition) is 0. The lowest BCUT2D eigenvalue weighted by Gasteiger charge is -2.12. The fourth-order valence-electron chi connectivity index (χ4n) is 2.55. The van der Waals surface area contributed by atoms with Gasteiger partial charge in [-0.3, -0.25) is 0 Å². The Bertz CT molecular complexity index is 966. The first-order chi connectivity index (χ1) is 12.8. The first-order valence-corrected chi connectivity index (χ1v) is 8.21. The fraction of sp³-hybridized carbons (Fsp3) is 0.278. The van der Waals surface area contributed by atoms with E-state index < -0.39 is 17.8 Å². The van der Waals surface area contributed by atoms with Crippen LogP contribution in [0.4, 0.5) is 13.2 Å². The van der Waals surface area contributed by atoms with E-state index in [0.717, 1.165) is 12.3 Å². The van der Waals surface area contributed by atoms with Crippen LogP contribution in [0.2, 0.25) is 0 Å². The molecule has 0 spiro atoms. The monoisotopic (exact) mass is 379 g/mol. The normalized spacial score (nSPS) is 11.6. The van der Waals surface area contributed by atoms with Crippen molar-refractivity contribution >= 4 is 11.6 Å². The average molecular weight is 379 g/mol. The first-order valence-electron chi connectivity index (χ1n) is 8.21. The van der Waals surface area contributed by atoms with Crippen molar-refractivity contribution in [3.8, 4) is 17.0 Å². The van der Waals surface area contributed by atoms with Crippen LogP contribution in [0.25, 0.3) is 16.9 Å². The smallest absolute Gasteiger partial charge is 0.433 e. The predicted molar refractivity (Wildman–Crippen MR) is 90.6 cm³/mol. The molecule has 1 aromatic carbocycles. The van der Waals surface area contributed by atoms with Crippen molar-refractivity contribution in [2.24, 2.45) is 0 Å². The minimum absolute atomic E-state index is 0.0592. The van der Waals surface area contributed by atoms with Gasteiger partial charge in [0.1, 0.15) is 11.3 Å². The number of aromatic nitrogens is 3. The molecule has 0 fully saturated rings. The van der Waals surface area contributed by atoms with Crippen LogP contribution in [0.3, 0.4) is 0 Å². The first kappa shape index (κ1) is 18.7. The molecule has 0 saturated carbocycles. The predicted octanol–water partition coefficient (Wildman–Crippen LogP) is 3.99. The largest absolute Gasteiger partial charge is 0.494 e. The second-order valence-electron chi connectivity index (χ2n) is 5.50. The Morgan fingerprint density at radius 1 is 1.15 bits per heavy atom. The topological polar surface area (TPSA) is 65.7 Å². The molecule has 0 bridgehead atoms. The highest BCUT2D eigenvalue weighted by Crippen LogP contribution is 2.33. The summed E-state index contributed by atoms with van der Waals surface area (Å²) in [5.41, 5.74) is -0.874. The summed E-state index contributed by atoms with van der Waals surface area (Å²) < 4.78 is 51.3. The molecule has 0 aliphatic rings. The van der Waals surface area contributed by atoms with Crippen molar-refractivity contribution < 1.29 is 27.4 Å². The number of carbonyl (C=O) groups excluding carboxylic acids is 1. The van der Waals surface area contributed by atoms with E-state index in [1.807, 2.05) is 6.92 Å². The van der Waals surface area contributed by atoms with Crippen molar-refractivity contribution in [3.05, 3.63) is 47.8 Å². The number of halogens is 3. The maximum atomic E-state index is 13.5. The van der Waals surface area contributed by atoms with Crippen molar-refractivity contribution in [2.75, 3.05) is 13.2 Å². The van der Waals surface area contributed by atoms with Gasteiger partial charge in [0.15, 0.2) is 11.3 Å². The van der Waals surface area contributed by atoms with Crippen LogP contribution in [-0.4, -0.2) is 33.8 Å². The molecular weight excluding hydrogens is 363 g/mol. The van der Waals surface area contributed by atoms with Gasteiger partial charge < -0.3 is 9.47 Å². The molecule has 0 N–H and O–H groups in total. The molecule has 0 amide bonds. The minimum Gasteiger partial charge on any atom is -0.494 e. The van der Waals surface area contributed by atoms with Crippen LogP contribution >= 0.6 is 0 Å². The van der Waals surface area contributed by atoms with Gasteiger partial charge in [-0.25, -0.2) is 14.3 Å². The van der Waals surface area contributed by atoms with E-state index in [-0.39, 0.29) is 23.5 Å². The number of nitrogens with zero attached hydrogens (tertiary/aromatic N) is 3. The number of ether oxygens (including phenoxy) is 2. The zero-order chi connectivity index (χ0) is 19.6. The van der Waals surface area contributed by atoms with Crippen molar-refractivity contribution in [1.82, 2.24) is 14.6 Å². The highest BCUT2D eigenvalue weighted by atomic mass is 19.4. The van der Waals surface area contributed by atoms with Gasteiger partial charge in [-0.15, -0.1) is 0 Å². The summed E-state index contributed by atoms with van der Waals surface area (Å²) in [4.78, 5) is 16.2. The third-order valence-electron chi connectivity index (χ3n) is 3.72. The molecule has 0 aliphatic carbocycles. The maximum Gasteiger partial charge on any atom is 0.433 e. The average Bonchev–Trinajstić information content (AvgIpc) is 3.05. The Morgan fingerprint density at radius 2 is 1.85 bits per heavy atom. The van der Waals surface area contributed by atoms with Crippen LogP contribution in [0.15, 0.2) is 36.5 Å². The van der Waals surface area contributed by atoms with Crippen LogP contribution in [-0.2, 0) is 10.9 Å². The minimum atomic E-state index is -4.68. The summed E-state index contributed by atoms with van der Waals surface area (Å²) in [6.45, 7) is 3.99. The van der Waals surface area contributed by atoms with Crippen LogP contribution in [0.5, 0.6) is 5.75 Å². The Labute approximate surface area is 152 Å². The van der Waals surface area contributed by atoms with Gasteiger partial charge in [-0.2, -0.15) is 18.3 Å². The van der Waals surface area contributed by atoms with Gasteiger partial charge in [0.05, 0.1) is 25.1 Å². The van der Waals surface area contributed by atoms with E-state index in [1.54, 1.807) is 31.2 Å². The van der Waals surface area contributed by atoms with Crippen molar-refractivity contribution in [1.29, 1.82) is 0 Å². The molecule has 6 nitrogen and oxygen atoms in total. The molecule has 2 heterocycles. The summed E-state index contributed by atoms with van der Waals surface area (Å²) >= 11 is 0. The lowest BCUT2D eigenvalue weighted by atomic mass is 10.1. The SMILES string of the molecule is CCOC(=O)c1cnn2c(C(F)(F)F)cc(-c3ccc(OCC)cc3)nc12. The van der Waals surface area contributed by atoms with E-state index in [0.29, 0.717) is 22.4 Å². The third-order valence-corrected chi connectivity index (χ3v) is 3.72. The maximum absolute atomic E-state index is 13.5. The third kappa shape index (κ3) is 3.71. The summed E-state index contributed by atoms with van der Waals surface area (Å²) in [5, 5.41) is 3.67. The van der Waals surface area contributed by atoms with E-state index in [9.17, 15) is 18.0 Å². The number of rotatable bonds is 5. The molecule has 0 unspecified atom stereocenters. The quantitative estimate of drug-likeness (QED) is 0.627. The molecule has 3 aromatic rings. The van der Waals surface area contributed by atoms with Gasteiger partial charge >= 0.3 is 12.1 Å². The Hall–Kier alpha value is -3.10. The second kappa shape index (κ2) is 7.26. The molecule has 3 rings (SSSR count). The Morgan fingerprint density at radius 3 is 2.44 bits per heavy atom. The van der Waals surface area contributed by atoms with Crippen LogP contribution < -0.4 is 4.74 Å². The number of esters is 1. The molecule has 0 aliphatic heterocycles. The number of benzene rings is 1. The molecule has 9 heteroatoms. The summed E-state index contributed by atoms with van der Waals surface area (Å²) in [6.07, 6.45) is -3.66. The highest BCUT2D eigenvalue weighted by molar-refractivity contribution is 5.96. The van der Waals surface area contributed by atoms with Gasteiger partial charge in [0.2, 0.25) is 0 Å². The molecule has 142 valence electrons. The molecule has 0 saturated heterocycles. The van der Waals surface area contributed by atoms with Crippen LogP contribution in [0.1, 0.15) is 29.9 Å². The van der Waals surface area contributed by atoms with Crippen molar-refractivity contribution in [3.63, 3.8) is 0 Å². The standard InChI is InChI=1S/C18H16F3N3O3/c1-3-26-12-7-5-11(6-8-12)14-9-15(18(19,20)21)24-16(23-14)13(10-22-24)17(25)27-4-2/h5-10H,3-4H2,1-2H3. The number of hydrogen-bond acceptors (Lipinski definition) is 5. The van der Waals surface area contributed by atoms with Crippen molar-refractivity contribution in [2.45, 2.75) is 20.0 Å². The zero-order valence-corrected chi connectivity index (χ0v) is 14.6. The Balaban J connectivity index is 2.18.